The Labute approximate surface area is 125 Å². The van der Waals surface area contributed by atoms with Crippen LogP contribution in [0.4, 0.5) is 0 Å². The first-order valence-corrected chi connectivity index (χ1v) is 7.35. The van der Waals surface area contributed by atoms with E-state index in [9.17, 15) is 4.79 Å². The van der Waals surface area contributed by atoms with Crippen molar-refractivity contribution in [2.24, 2.45) is 0 Å². The number of nitrogens with zero attached hydrogens (tertiary/aromatic N) is 1. The van der Waals surface area contributed by atoms with Gasteiger partial charge in [-0.2, -0.15) is 0 Å². The number of hydrogen-bond acceptors (Lipinski definition) is 4. The highest BCUT2D eigenvalue weighted by Crippen LogP contribution is 2.15. The molecule has 0 radical (unpaired) electrons. The molecule has 108 valence electrons. The molecule has 2 heterocycles. The Morgan fingerprint density at radius 1 is 1.58 bits per heavy atom. The van der Waals surface area contributed by atoms with Crippen LogP contribution in [-0.4, -0.2) is 43.5 Å². The Hall–Kier alpha value is -0.620. The van der Waals surface area contributed by atoms with Crippen LogP contribution >= 0.6 is 23.7 Å². The number of hydrogen-bond donors (Lipinski definition) is 2. The van der Waals surface area contributed by atoms with Gasteiger partial charge < -0.3 is 10.6 Å². The number of thiophene rings is 1. The van der Waals surface area contributed by atoms with Crippen LogP contribution in [0.15, 0.2) is 17.5 Å². The molecule has 1 aromatic heterocycles. The lowest BCUT2D eigenvalue weighted by Crippen LogP contribution is -2.42. The van der Waals surface area contributed by atoms with Crippen molar-refractivity contribution in [1.82, 2.24) is 15.5 Å². The van der Waals surface area contributed by atoms with E-state index >= 15 is 0 Å². The van der Waals surface area contributed by atoms with Gasteiger partial charge in [0.15, 0.2) is 0 Å². The van der Waals surface area contributed by atoms with E-state index < -0.39 is 0 Å². The highest BCUT2D eigenvalue weighted by atomic mass is 35.5. The maximum atomic E-state index is 11.9. The topological polar surface area (TPSA) is 44.4 Å². The lowest BCUT2D eigenvalue weighted by Gasteiger charge is -2.23. The van der Waals surface area contributed by atoms with Crippen LogP contribution in [-0.2, 0) is 11.3 Å². The molecule has 0 bridgehead atoms. The van der Waals surface area contributed by atoms with E-state index in [2.05, 4.69) is 15.5 Å². The first kappa shape index (κ1) is 16.4. The molecule has 0 spiro atoms. The molecule has 2 rings (SSSR count). The van der Waals surface area contributed by atoms with Gasteiger partial charge in [0.1, 0.15) is 0 Å². The first-order valence-electron chi connectivity index (χ1n) is 6.47. The average molecular weight is 304 g/mol. The molecular weight excluding hydrogens is 282 g/mol. The molecule has 0 aromatic carbocycles. The van der Waals surface area contributed by atoms with Crippen LogP contribution in [0.3, 0.4) is 0 Å². The molecule has 4 nitrogen and oxygen atoms in total. The fraction of sp³-hybridized carbons (Fsp3) is 0.615. The van der Waals surface area contributed by atoms with Crippen molar-refractivity contribution in [2.45, 2.75) is 25.4 Å². The number of rotatable bonds is 6. The van der Waals surface area contributed by atoms with Crippen molar-refractivity contribution in [3.63, 3.8) is 0 Å². The number of nitrogens with one attached hydrogen (secondary N) is 2. The molecule has 1 atom stereocenters. The molecular formula is C13H22ClN3OS. The van der Waals surface area contributed by atoms with Crippen LogP contribution in [0.1, 0.15) is 17.7 Å². The smallest absolute Gasteiger partial charge is 0.234 e. The molecule has 1 fully saturated rings. The molecule has 1 amide bonds. The average Bonchev–Trinajstić information content (AvgIpc) is 2.99. The molecule has 1 unspecified atom stereocenters. The largest absolute Gasteiger partial charge is 0.350 e. The number of carbonyl (C=O) groups is 1. The number of amides is 1. The molecule has 19 heavy (non-hydrogen) atoms. The zero-order valence-electron chi connectivity index (χ0n) is 11.2. The summed E-state index contributed by atoms with van der Waals surface area (Å²) in [5.74, 6) is 0.131. The summed E-state index contributed by atoms with van der Waals surface area (Å²) < 4.78 is 0. The number of carbonyl (C=O) groups excluding carboxylic acids is 1. The van der Waals surface area contributed by atoms with Gasteiger partial charge in [0.05, 0.1) is 13.1 Å². The van der Waals surface area contributed by atoms with E-state index in [0.717, 1.165) is 13.1 Å². The standard InChI is InChI=1S/C13H21N3OS.ClH/c1-14-8-11-4-2-6-16(11)10-13(17)15-9-12-5-3-7-18-12;/h3,5,7,11,14H,2,4,6,8-10H2,1H3,(H,15,17);1H. The van der Waals surface area contributed by atoms with E-state index in [-0.39, 0.29) is 18.3 Å². The molecule has 6 heteroatoms. The van der Waals surface area contributed by atoms with Gasteiger partial charge in [0.25, 0.3) is 0 Å². The molecule has 0 aliphatic carbocycles. The van der Waals surface area contributed by atoms with Crippen molar-refractivity contribution in [3.05, 3.63) is 22.4 Å². The van der Waals surface area contributed by atoms with Crippen LogP contribution in [0.25, 0.3) is 0 Å². The van der Waals surface area contributed by atoms with Gasteiger partial charge in [-0.05, 0) is 37.9 Å². The van der Waals surface area contributed by atoms with E-state index in [1.165, 1.54) is 17.7 Å². The highest BCUT2D eigenvalue weighted by molar-refractivity contribution is 7.09. The minimum atomic E-state index is 0. The predicted molar refractivity (Wildman–Crippen MR) is 81.9 cm³/mol. The fourth-order valence-electron chi connectivity index (χ4n) is 2.41. The fourth-order valence-corrected chi connectivity index (χ4v) is 3.05. The lowest BCUT2D eigenvalue weighted by atomic mass is 10.2. The SMILES string of the molecule is CNCC1CCCN1CC(=O)NCc1cccs1.Cl. The lowest BCUT2D eigenvalue weighted by molar-refractivity contribution is -0.122. The quantitative estimate of drug-likeness (QED) is 0.836. The van der Waals surface area contributed by atoms with Crippen LogP contribution in [0.5, 0.6) is 0 Å². The van der Waals surface area contributed by atoms with Crippen molar-refractivity contribution in [3.8, 4) is 0 Å². The van der Waals surface area contributed by atoms with Gasteiger partial charge in [0, 0.05) is 17.5 Å². The van der Waals surface area contributed by atoms with Crippen LogP contribution in [0, 0.1) is 0 Å². The summed E-state index contributed by atoms with van der Waals surface area (Å²) >= 11 is 1.68. The minimum Gasteiger partial charge on any atom is -0.350 e. The van der Waals surface area contributed by atoms with Gasteiger partial charge in [-0.1, -0.05) is 6.07 Å². The van der Waals surface area contributed by atoms with Crippen molar-refractivity contribution >= 4 is 29.7 Å². The third-order valence-electron chi connectivity index (χ3n) is 3.33. The number of likely N-dealkylation sites (tertiary alicyclic amines) is 1. The summed E-state index contributed by atoms with van der Waals surface area (Å²) in [5, 5.41) is 8.21. The Morgan fingerprint density at radius 3 is 3.11 bits per heavy atom. The summed E-state index contributed by atoms with van der Waals surface area (Å²) in [6, 6.07) is 4.57. The second-order valence-corrected chi connectivity index (χ2v) is 5.71. The van der Waals surface area contributed by atoms with E-state index in [4.69, 9.17) is 0 Å². The van der Waals surface area contributed by atoms with Gasteiger partial charge >= 0.3 is 0 Å². The normalized spacial score (nSPS) is 19.1. The Kier molecular flexibility index (Phi) is 7.38. The van der Waals surface area contributed by atoms with Gasteiger partial charge in [-0.25, -0.2) is 0 Å². The molecule has 1 aliphatic heterocycles. The predicted octanol–water partition coefficient (Wildman–Crippen LogP) is 1.47. The number of halogens is 1. The second-order valence-electron chi connectivity index (χ2n) is 4.68. The summed E-state index contributed by atoms with van der Waals surface area (Å²) in [4.78, 5) is 15.4. The zero-order chi connectivity index (χ0) is 12.8. The summed E-state index contributed by atoms with van der Waals surface area (Å²) in [7, 11) is 1.97. The van der Waals surface area contributed by atoms with Crippen molar-refractivity contribution < 1.29 is 4.79 Å². The van der Waals surface area contributed by atoms with E-state index in [0.29, 0.717) is 19.1 Å². The Bertz CT molecular complexity index is 372. The van der Waals surface area contributed by atoms with Gasteiger partial charge in [-0.15, -0.1) is 23.7 Å². The zero-order valence-corrected chi connectivity index (χ0v) is 12.9. The third-order valence-corrected chi connectivity index (χ3v) is 4.20. The molecule has 0 saturated carbocycles. The number of likely N-dealkylation sites (N-methyl/N-ethyl adjacent to an activating group) is 1. The van der Waals surface area contributed by atoms with Crippen LogP contribution < -0.4 is 10.6 Å². The molecule has 1 saturated heterocycles. The van der Waals surface area contributed by atoms with E-state index in [1.54, 1.807) is 11.3 Å². The van der Waals surface area contributed by atoms with Gasteiger partial charge in [0.2, 0.25) is 5.91 Å². The monoisotopic (exact) mass is 303 g/mol. The van der Waals surface area contributed by atoms with Gasteiger partial charge in [-0.3, -0.25) is 9.69 Å². The maximum Gasteiger partial charge on any atom is 0.234 e. The maximum absolute atomic E-state index is 11.9. The van der Waals surface area contributed by atoms with Crippen molar-refractivity contribution in [2.75, 3.05) is 26.7 Å². The summed E-state index contributed by atoms with van der Waals surface area (Å²) in [6.45, 7) is 3.19. The second kappa shape index (κ2) is 8.53. The molecule has 1 aliphatic rings. The highest BCUT2D eigenvalue weighted by Gasteiger charge is 2.25. The summed E-state index contributed by atoms with van der Waals surface area (Å²) in [5.41, 5.74) is 0. The Morgan fingerprint density at radius 2 is 2.42 bits per heavy atom. The minimum absolute atomic E-state index is 0. The van der Waals surface area contributed by atoms with Crippen LogP contribution in [0.2, 0.25) is 0 Å². The first-order chi connectivity index (χ1) is 8.79. The van der Waals surface area contributed by atoms with E-state index in [1.807, 2.05) is 24.6 Å². The Balaban J connectivity index is 0.00000180. The molecule has 1 aromatic rings. The van der Waals surface area contributed by atoms with Crippen molar-refractivity contribution in [1.29, 1.82) is 0 Å². The third kappa shape index (κ3) is 5.10. The molecule has 2 N–H and O–H groups in total. The summed E-state index contributed by atoms with van der Waals surface area (Å²) in [6.07, 6.45) is 2.39.